The van der Waals surface area contributed by atoms with Crippen LogP contribution < -0.4 is 10.7 Å². The van der Waals surface area contributed by atoms with Crippen molar-refractivity contribution in [2.45, 2.75) is 32.7 Å². The number of hydrazone groups is 1. The molecule has 1 aromatic carbocycles. The second-order valence-corrected chi connectivity index (χ2v) is 7.11. The molecule has 0 aromatic heterocycles. The molecule has 21 heavy (non-hydrogen) atoms. The van der Waals surface area contributed by atoms with Crippen LogP contribution in [0.15, 0.2) is 28.3 Å². The second kappa shape index (κ2) is 5.18. The number of benzene rings is 1. The number of rotatable bonds is 1. The average molecular weight is 302 g/mol. The monoisotopic (exact) mass is 302 g/mol. The number of nitrogens with one attached hydrogen (secondary N) is 2. The van der Waals surface area contributed by atoms with Crippen molar-refractivity contribution >= 4 is 34.2 Å². The van der Waals surface area contributed by atoms with E-state index in [0.717, 1.165) is 33.4 Å². The zero-order chi connectivity index (χ0) is 15.0. The van der Waals surface area contributed by atoms with Gasteiger partial charge in [-0.05, 0) is 32.4 Å². The molecule has 0 saturated carbocycles. The quantitative estimate of drug-likeness (QED) is 0.837. The van der Waals surface area contributed by atoms with E-state index in [0.29, 0.717) is 6.42 Å². The Morgan fingerprint density at radius 2 is 2.14 bits per heavy atom. The van der Waals surface area contributed by atoms with Crippen molar-refractivity contribution < 1.29 is 4.79 Å². The fourth-order valence-electron chi connectivity index (χ4n) is 2.22. The summed E-state index contributed by atoms with van der Waals surface area (Å²) in [4.78, 5) is 16.0. The summed E-state index contributed by atoms with van der Waals surface area (Å²) < 4.78 is 0. The predicted octanol–water partition coefficient (Wildman–Crippen LogP) is 2.38. The fourth-order valence-corrected chi connectivity index (χ4v) is 3.17. The number of thioether (sulfide) groups is 1. The molecule has 1 amide bonds. The van der Waals surface area contributed by atoms with Gasteiger partial charge in [-0.3, -0.25) is 15.2 Å². The normalized spacial score (nSPS) is 19.9. The number of carbonyl (C=O) groups is 1. The third-order valence-electron chi connectivity index (χ3n) is 3.14. The van der Waals surface area contributed by atoms with Crippen LogP contribution in [0.5, 0.6) is 0 Å². The van der Waals surface area contributed by atoms with Gasteiger partial charge in [-0.2, -0.15) is 5.10 Å². The molecule has 2 aliphatic rings. The molecule has 0 fully saturated rings. The van der Waals surface area contributed by atoms with Crippen LogP contribution in [0.25, 0.3) is 0 Å². The fraction of sp³-hybridized carbons (Fsp3) is 0.400. The van der Waals surface area contributed by atoms with E-state index in [1.165, 1.54) is 0 Å². The number of hydrogen-bond donors (Lipinski definition) is 2. The van der Waals surface area contributed by atoms with Crippen molar-refractivity contribution in [2.24, 2.45) is 10.1 Å². The summed E-state index contributed by atoms with van der Waals surface area (Å²) >= 11 is 1.65. The Balaban J connectivity index is 1.79. The number of nitrogens with zero attached hydrogens (tertiary/aromatic N) is 2. The highest BCUT2D eigenvalue weighted by atomic mass is 32.2. The van der Waals surface area contributed by atoms with Crippen LogP contribution in [-0.4, -0.2) is 28.1 Å². The first kappa shape index (κ1) is 14.1. The first-order valence-electron chi connectivity index (χ1n) is 6.89. The molecule has 5 nitrogen and oxygen atoms in total. The Hall–Kier alpha value is -1.82. The minimum absolute atomic E-state index is 0.0554. The Morgan fingerprint density at radius 3 is 2.81 bits per heavy atom. The highest BCUT2D eigenvalue weighted by Crippen LogP contribution is 2.25. The van der Waals surface area contributed by atoms with Crippen LogP contribution in [0.1, 0.15) is 31.9 Å². The number of amides is 1. The zero-order valence-corrected chi connectivity index (χ0v) is 13.2. The minimum Gasteiger partial charge on any atom is -0.326 e. The molecule has 110 valence electrons. The topological polar surface area (TPSA) is 65.8 Å². The van der Waals surface area contributed by atoms with Crippen molar-refractivity contribution in [2.75, 3.05) is 11.1 Å². The van der Waals surface area contributed by atoms with E-state index in [4.69, 9.17) is 0 Å². The lowest BCUT2D eigenvalue weighted by atomic mass is 10.1. The molecule has 0 spiro atoms. The second-order valence-electron chi connectivity index (χ2n) is 6.14. The summed E-state index contributed by atoms with van der Waals surface area (Å²) in [6.07, 6.45) is 0.470. The van der Waals surface area contributed by atoms with Crippen molar-refractivity contribution in [1.29, 1.82) is 0 Å². The largest absolute Gasteiger partial charge is 0.326 e. The van der Waals surface area contributed by atoms with Crippen LogP contribution in [0, 0.1) is 0 Å². The van der Waals surface area contributed by atoms with Crippen LogP contribution in [0.3, 0.4) is 0 Å². The standard InChI is InChI=1S/C15H18N4OS/c1-15(2,3)17-14-19-18-12(8-21-14)9-4-5-10-7-13(20)16-11(10)6-9/h4-6H,7-8H2,1-3H3,(H,16,20)(H,17,19). The molecule has 0 atom stereocenters. The van der Waals surface area contributed by atoms with Crippen molar-refractivity contribution in [3.8, 4) is 0 Å². The third kappa shape index (κ3) is 3.26. The van der Waals surface area contributed by atoms with Gasteiger partial charge in [0.2, 0.25) is 5.91 Å². The van der Waals surface area contributed by atoms with Gasteiger partial charge in [-0.15, -0.1) is 0 Å². The van der Waals surface area contributed by atoms with Crippen LogP contribution in [0.4, 0.5) is 5.69 Å². The summed E-state index contributed by atoms with van der Waals surface area (Å²) in [6, 6.07) is 6.01. The van der Waals surface area contributed by atoms with E-state index >= 15 is 0 Å². The van der Waals surface area contributed by atoms with Crippen molar-refractivity contribution in [3.05, 3.63) is 29.3 Å². The van der Waals surface area contributed by atoms with E-state index in [9.17, 15) is 4.79 Å². The third-order valence-corrected chi connectivity index (χ3v) is 4.01. The number of amidine groups is 1. The van der Waals surface area contributed by atoms with Gasteiger partial charge in [-0.1, -0.05) is 23.9 Å². The van der Waals surface area contributed by atoms with Crippen LogP contribution >= 0.6 is 11.8 Å². The summed E-state index contributed by atoms with van der Waals surface area (Å²) in [7, 11) is 0. The first-order valence-corrected chi connectivity index (χ1v) is 7.88. The van der Waals surface area contributed by atoms with Gasteiger partial charge >= 0.3 is 0 Å². The molecular weight excluding hydrogens is 284 g/mol. The lowest BCUT2D eigenvalue weighted by Gasteiger charge is -2.19. The molecule has 1 aromatic rings. The Morgan fingerprint density at radius 1 is 1.33 bits per heavy atom. The maximum absolute atomic E-state index is 11.4. The van der Waals surface area contributed by atoms with Crippen molar-refractivity contribution in [3.63, 3.8) is 0 Å². The highest BCUT2D eigenvalue weighted by molar-refractivity contribution is 8.14. The SMILES string of the molecule is CC(C)(C)N=C1NN=C(c2ccc3c(c2)NC(=O)C3)CS1. The van der Waals surface area contributed by atoms with Gasteiger partial charge in [0.15, 0.2) is 5.17 Å². The highest BCUT2D eigenvalue weighted by Gasteiger charge is 2.20. The number of carbonyl (C=O) groups excluding carboxylic acids is 1. The summed E-state index contributed by atoms with van der Waals surface area (Å²) in [5.41, 5.74) is 6.86. The Bertz CT molecular complexity index is 658. The summed E-state index contributed by atoms with van der Waals surface area (Å²) in [5, 5.41) is 8.13. The van der Waals surface area contributed by atoms with E-state index in [1.807, 2.05) is 18.2 Å². The van der Waals surface area contributed by atoms with Gasteiger partial charge in [0, 0.05) is 17.0 Å². The molecule has 2 aliphatic heterocycles. The molecule has 0 bridgehead atoms. The molecule has 0 aliphatic carbocycles. The smallest absolute Gasteiger partial charge is 0.228 e. The molecule has 6 heteroatoms. The zero-order valence-electron chi connectivity index (χ0n) is 12.4. The van der Waals surface area contributed by atoms with Gasteiger partial charge in [-0.25, -0.2) is 0 Å². The molecular formula is C15H18N4OS. The number of hydrogen-bond acceptors (Lipinski definition) is 4. The van der Waals surface area contributed by atoms with Gasteiger partial charge in [0.05, 0.1) is 17.7 Å². The van der Waals surface area contributed by atoms with Crippen LogP contribution in [0.2, 0.25) is 0 Å². The van der Waals surface area contributed by atoms with Crippen LogP contribution in [-0.2, 0) is 11.2 Å². The van der Waals surface area contributed by atoms with E-state index in [-0.39, 0.29) is 11.4 Å². The minimum atomic E-state index is -0.111. The molecule has 0 radical (unpaired) electrons. The maximum Gasteiger partial charge on any atom is 0.228 e. The van der Waals surface area contributed by atoms with Gasteiger partial charge in [0.25, 0.3) is 0 Å². The first-order chi connectivity index (χ1) is 9.90. The summed E-state index contributed by atoms with van der Waals surface area (Å²) in [5.74, 6) is 0.828. The van der Waals surface area contributed by atoms with E-state index < -0.39 is 0 Å². The van der Waals surface area contributed by atoms with Crippen molar-refractivity contribution in [1.82, 2.24) is 5.43 Å². The molecule has 2 N–H and O–H groups in total. The molecule has 0 unspecified atom stereocenters. The molecule has 2 heterocycles. The lowest BCUT2D eigenvalue weighted by Crippen LogP contribution is -2.28. The van der Waals surface area contributed by atoms with E-state index in [2.05, 4.69) is 41.6 Å². The Kier molecular flexibility index (Phi) is 3.49. The van der Waals surface area contributed by atoms with E-state index in [1.54, 1.807) is 11.8 Å². The average Bonchev–Trinajstić information content (AvgIpc) is 2.76. The Labute approximate surface area is 128 Å². The molecule has 0 saturated heterocycles. The predicted molar refractivity (Wildman–Crippen MR) is 88.1 cm³/mol. The number of anilines is 1. The lowest BCUT2D eigenvalue weighted by molar-refractivity contribution is -0.115. The maximum atomic E-state index is 11.4. The number of fused-ring (bicyclic) bond motifs is 1. The number of aliphatic imine (C=N–C) groups is 1. The van der Waals surface area contributed by atoms with Gasteiger partial charge < -0.3 is 5.32 Å². The van der Waals surface area contributed by atoms with Gasteiger partial charge in [0.1, 0.15) is 0 Å². The molecule has 3 rings (SSSR count). The summed E-state index contributed by atoms with van der Waals surface area (Å²) in [6.45, 7) is 6.18.